The van der Waals surface area contributed by atoms with E-state index in [9.17, 15) is 4.79 Å². The molecule has 0 bridgehead atoms. The highest BCUT2D eigenvalue weighted by Crippen LogP contribution is 2.20. The van der Waals surface area contributed by atoms with Crippen molar-refractivity contribution in [3.05, 3.63) is 53.1 Å². The Hall–Kier alpha value is -2.20. The Kier molecular flexibility index (Phi) is 4.70. The molecule has 0 spiro atoms. The van der Waals surface area contributed by atoms with Gasteiger partial charge in [-0.15, -0.1) is 0 Å². The van der Waals surface area contributed by atoms with E-state index in [0.29, 0.717) is 22.1 Å². The van der Waals surface area contributed by atoms with Gasteiger partial charge in [-0.05, 0) is 55.8 Å². The molecular weight excluding hydrogens is 288 g/mol. The van der Waals surface area contributed by atoms with Crippen LogP contribution in [0.25, 0.3) is 0 Å². The fourth-order valence-electron chi connectivity index (χ4n) is 1.80. The smallest absolute Gasteiger partial charge is 0.265 e. The molecule has 0 radical (unpaired) electrons. The average Bonchev–Trinajstić information content (AvgIpc) is 2.43. The third-order valence-electron chi connectivity index (χ3n) is 3.02. The third kappa shape index (κ3) is 4.13. The molecule has 0 saturated heterocycles. The van der Waals surface area contributed by atoms with Gasteiger partial charge in [0, 0.05) is 16.4 Å². The summed E-state index contributed by atoms with van der Waals surface area (Å²) in [5, 5.41) is 3.36. The van der Waals surface area contributed by atoms with Crippen LogP contribution in [0.1, 0.15) is 12.5 Å². The second-order valence-electron chi connectivity index (χ2n) is 4.78. The number of nitrogens with two attached hydrogens (primary N) is 1. The molecule has 0 heterocycles. The minimum atomic E-state index is -0.638. The Morgan fingerprint density at radius 1 is 1.29 bits per heavy atom. The zero-order chi connectivity index (χ0) is 15.4. The summed E-state index contributed by atoms with van der Waals surface area (Å²) in [6.45, 7) is 3.57. The van der Waals surface area contributed by atoms with Crippen LogP contribution >= 0.6 is 11.6 Å². The molecule has 0 aliphatic rings. The standard InChI is InChI=1S/C16H17ClN2O2/c1-10-8-13(6-7-15(10)18)19-16(20)11(2)21-14-5-3-4-12(17)9-14/h3-9,11H,18H2,1-2H3,(H,19,20). The van der Waals surface area contributed by atoms with Gasteiger partial charge in [0.25, 0.3) is 5.91 Å². The first-order valence-electron chi connectivity index (χ1n) is 6.55. The number of nitrogens with one attached hydrogen (secondary N) is 1. The number of benzene rings is 2. The lowest BCUT2D eigenvalue weighted by atomic mass is 10.2. The molecule has 2 aromatic carbocycles. The summed E-state index contributed by atoms with van der Waals surface area (Å²) in [7, 11) is 0. The summed E-state index contributed by atoms with van der Waals surface area (Å²) in [4.78, 5) is 12.1. The van der Waals surface area contributed by atoms with E-state index in [1.807, 2.05) is 13.0 Å². The molecule has 1 unspecified atom stereocenters. The molecule has 2 rings (SSSR count). The monoisotopic (exact) mass is 304 g/mol. The molecule has 3 N–H and O–H groups in total. The van der Waals surface area contributed by atoms with Gasteiger partial charge in [0.15, 0.2) is 6.10 Å². The Bertz CT molecular complexity index is 658. The highest BCUT2D eigenvalue weighted by atomic mass is 35.5. The van der Waals surface area contributed by atoms with Crippen LogP contribution in [0.5, 0.6) is 5.75 Å². The number of anilines is 2. The highest BCUT2D eigenvalue weighted by molar-refractivity contribution is 6.30. The molecule has 0 aliphatic heterocycles. The minimum absolute atomic E-state index is 0.237. The number of aryl methyl sites for hydroxylation is 1. The highest BCUT2D eigenvalue weighted by Gasteiger charge is 2.15. The topological polar surface area (TPSA) is 64.3 Å². The van der Waals surface area contributed by atoms with Crippen molar-refractivity contribution in [2.75, 3.05) is 11.1 Å². The van der Waals surface area contributed by atoms with Crippen molar-refractivity contribution >= 4 is 28.9 Å². The van der Waals surface area contributed by atoms with Gasteiger partial charge in [0.1, 0.15) is 5.75 Å². The molecular formula is C16H17ClN2O2. The second-order valence-corrected chi connectivity index (χ2v) is 5.21. The molecule has 21 heavy (non-hydrogen) atoms. The SMILES string of the molecule is Cc1cc(NC(=O)C(C)Oc2cccc(Cl)c2)ccc1N. The summed E-state index contributed by atoms with van der Waals surface area (Å²) < 4.78 is 5.56. The van der Waals surface area contributed by atoms with E-state index in [4.69, 9.17) is 22.1 Å². The number of amides is 1. The summed E-state index contributed by atoms with van der Waals surface area (Å²) in [6, 6.07) is 12.3. The quantitative estimate of drug-likeness (QED) is 0.848. The van der Waals surface area contributed by atoms with Crippen molar-refractivity contribution in [1.82, 2.24) is 0 Å². The molecule has 5 heteroatoms. The summed E-state index contributed by atoms with van der Waals surface area (Å²) in [6.07, 6.45) is -0.638. The number of rotatable bonds is 4. The molecule has 2 aromatic rings. The zero-order valence-electron chi connectivity index (χ0n) is 11.9. The van der Waals surface area contributed by atoms with Gasteiger partial charge < -0.3 is 15.8 Å². The van der Waals surface area contributed by atoms with E-state index < -0.39 is 6.10 Å². The van der Waals surface area contributed by atoms with Crippen molar-refractivity contribution < 1.29 is 9.53 Å². The van der Waals surface area contributed by atoms with E-state index in [1.165, 1.54) is 0 Å². The van der Waals surface area contributed by atoms with Crippen LogP contribution < -0.4 is 15.8 Å². The van der Waals surface area contributed by atoms with Crippen LogP contribution in [0.2, 0.25) is 5.02 Å². The molecule has 4 nitrogen and oxygen atoms in total. The lowest BCUT2D eigenvalue weighted by Gasteiger charge is -2.15. The number of carbonyl (C=O) groups is 1. The number of hydrogen-bond acceptors (Lipinski definition) is 3. The average molecular weight is 305 g/mol. The van der Waals surface area contributed by atoms with Crippen LogP contribution in [0.3, 0.4) is 0 Å². The molecule has 0 aromatic heterocycles. The van der Waals surface area contributed by atoms with Gasteiger partial charge in [-0.2, -0.15) is 0 Å². The van der Waals surface area contributed by atoms with E-state index in [-0.39, 0.29) is 5.91 Å². The van der Waals surface area contributed by atoms with E-state index >= 15 is 0 Å². The second kappa shape index (κ2) is 6.50. The Morgan fingerprint density at radius 2 is 2.05 bits per heavy atom. The van der Waals surface area contributed by atoms with Crippen molar-refractivity contribution in [2.24, 2.45) is 0 Å². The van der Waals surface area contributed by atoms with Crippen LogP contribution in [-0.2, 0) is 4.79 Å². The van der Waals surface area contributed by atoms with Crippen LogP contribution in [-0.4, -0.2) is 12.0 Å². The number of hydrogen-bond donors (Lipinski definition) is 2. The predicted molar refractivity (Wildman–Crippen MR) is 85.8 cm³/mol. The molecule has 1 atom stereocenters. The lowest BCUT2D eigenvalue weighted by molar-refractivity contribution is -0.122. The van der Waals surface area contributed by atoms with E-state index in [1.54, 1.807) is 43.3 Å². The lowest BCUT2D eigenvalue weighted by Crippen LogP contribution is -2.30. The van der Waals surface area contributed by atoms with Crippen molar-refractivity contribution in [1.29, 1.82) is 0 Å². The van der Waals surface area contributed by atoms with Crippen molar-refractivity contribution in [3.8, 4) is 5.75 Å². The van der Waals surface area contributed by atoms with E-state index in [0.717, 1.165) is 5.56 Å². The van der Waals surface area contributed by atoms with Crippen LogP contribution in [0, 0.1) is 6.92 Å². The fourth-order valence-corrected chi connectivity index (χ4v) is 1.98. The maximum Gasteiger partial charge on any atom is 0.265 e. The van der Waals surface area contributed by atoms with Gasteiger partial charge in [-0.1, -0.05) is 17.7 Å². The van der Waals surface area contributed by atoms with Crippen molar-refractivity contribution in [3.63, 3.8) is 0 Å². The normalized spacial score (nSPS) is 11.8. The Balaban J connectivity index is 2.00. The van der Waals surface area contributed by atoms with E-state index in [2.05, 4.69) is 5.32 Å². The predicted octanol–water partition coefficient (Wildman–Crippen LogP) is 3.64. The molecule has 0 fully saturated rings. The Morgan fingerprint density at radius 3 is 2.71 bits per heavy atom. The Labute approximate surface area is 128 Å². The van der Waals surface area contributed by atoms with Gasteiger partial charge in [-0.25, -0.2) is 0 Å². The first-order chi connectivity index (χ1) is 9.95. The summed E-state index contributed by atoms with van der Waals surface area (Å²) >= 11 is 5.88. The first-order valence-corrected chi connectivity index (χ1v) is 6.92. The van der Waals surface area contributed by atoms with Gasteiger partial charge in [0.05, 0.1) is 0 Å². The maximum absolute atomic E-state index is 12.1. The number of halogens is 1. The van der Waals surface area contributed by atoms with Gasteiger partial charge in [-0.3, -0.25) is 4.79 Å². The van der Waals surface area contributed by atoms with Crippen LogP contribution in [0.15, 0.2) is 42.5 Å². The summed E-state index contributed by atoms with van der Waals surface area (Å²) in [5.74, 6) is 0.317. The molecule has 1 amide bonds. The minimum Gasteiger partial charge on any atom is -0.481 e. The number of ether oxygens (including phenoxy) is 1. The zero-order valence-corrected chi connectivity index (χ0v) is 12.6. The van der Waals surface area contributed by atoms with Gasteiger partial charge >= 0.3 is 0 Å². The van der Waals surface area contributed by atoms with Gasteiger partial charge in [0.2, 0.25) is 0 Å². The number of carbonyl (C=O) groups excluding carboxylic acids is 1. The largest absolute Gasteiger partial charge is 0.481 e. The van der Waals surface area contributed by atoms with Crippen LogP contribution in [0.4, 0.5) is 11.4 Å². The molecule has 0 aliphatic carbocycles. The number of nitrogen functional groups attached to an aromatic ring is 1. The molecule has 0 saturated carbocycles. The maximum atomic E-state index is 12.1. The first kappa shape index (κ1) is 15.2. The van der Waals surface area contributed by atoms with Crippen molar-refractivity contribution in [2.45, 2.75) is 20.0 Å². The fraction of sp³-hybridized carbons (Fsp3) is 0.188. The summed E-state index contributed by atoms with van der Waals surface area (Å²) in [5.41, 5.74) is 8.04. The third-order valence-corrected chi connectivity index (χ3v) is 3.25. The molecule has 110 valence electrons.